The monoisotopic (exact) mass is 170 g/mol. The van der Waals surface area contributed by atoms with E-state index >= 15 is 0 Å². The van der Waals surface area contributed by atoms with E-state index in [0.29, 0.717) is 6.42 Å². The fourth-order valence-electron chi connectivity index (χ4n) is 0.691. The molecule has 11 heavy (non-hydrogen) atoms. The van der Waals surface area contributed by atoms with Gasteiger partial charge in [0.2, 0.25) is 0 Å². The summed E-state index contributed by atoms with van der Waals surface area (Å²) in [6.07, 6.45) is 0.807. The van der Waals surface area contributed by atoms with Gasteiger partial charge in [0.05, 0.1) is 5.97 Å². The molecule has 4 heteroatoms. The van der Waals surface area contributed by atoms with Crippen LogP contribution in [0.5, 0.6) is 0 Å². The Bertz CT molecular complexity index is 109. The van der Waals surface area contributed by atoms with Crippen molar-refractivity contribution in [2.45, 2.75) is 38.8 Å². The van der Waals surface area contributed by atoms with Gasteiger partial charge in [-0.05, 0) is 6.42 Å². The van der Waals surface area contributed by atoms with Crippen molar-refractivity contribution >= 4 is 5.97 Å². The number of hydrogen-bond donors (Lipinski definition) is 0. The third kappa shape index (κ3) is 8.30. The van der Waals surface area contributed by atoms with Gasteiger partial charge in [-0.15, -0.1) is 0 Å². The molecule has 1 unspecified atom stereocenters. The van der Waals surface area contributed by atoms with E-state index in [-0.39, 0.29) is 36.0 Å². The first-order valence-corrected chi connectivity index (χ1v) is 3.53. The SMILES string of the molecule is CCCCCC(F)C(=O)[O-].[Na+]. The maximum absolute atomic E-state index is 12.2. The van der Waals surface area contributed by atoms with Gasteiger partial charge in [0.1, 0.15) is 6.17 Å². The molecule has 1 atom stereocenters. The first-order valence-electron chi connectivity index (χ1n) is 3.53. The van der Waals surface area contributed by atoms with Crippen molar-refractivity contribution in [3.63, 3.8) is 0 Å². The van der Waals surface area contributed by atoms with Crippen LogP contribution in [0.25, 0.3) is 0 Å². The number of carboxylic acids is 1. The van der Waals surface area contributed by atoms with Gasteiger partial charge in [-0.3, -0.25) is 0 Å². The molecule has 0 rings (SSSR count). The smallest absolute Gasteiger partial charge is 0.547 e. The first kappa shape index (κ1) is 14.0. The zero-order valence-corrected chi connectivity index (χ0v) is 9.10. The molecule has 0 aliphatic carbocycles. The van der Waals surface area contributed by atoms with Crippen LogP contribution in [-0.2, 0) is 4.79 Å². The van der Waals surface area contributed by atoms with E-state index in [1.165, 1.54) is 0 Å². The van der Waals surface area contributed by atoms with Gasteiger partial charge < -0.3 is 9.90 Å². The van der Waals surface area contributed by atoms with Crippen LogP contribution in [0.4, 0.5) is 4.39 Å². The minimum atomic E-state index is -1.77. The number of alkyl halides is 1. The van der Waals surface area contributed by atoms with Crippen LogP contribution in [0.15, 0.2) is 0 Å². The molecule has 0 N–H and O–H groups in total. The van der Waals surface area contributed by atoms with Crippen LogP contribution in [0.3, 0.4) is 0 Å². The van der Waals surface area contributed by atoms with Crippen LogP contribution in [0, 0.1) is 0 Å². The average molecular weight is 170 g/mol. The standard InChI is InChI=1S/C7H13FO2.Na/c1-2-3-4-5-6(8)7(9)10;/h6H,2-5H2,1H3,(H,9,10);/q;+1/p-1. The predicted octanol–water partition coefficient (Wildman–Crippen LogP) is -2.34. The first-order chi connectivity index (χ1) is 4.68. The van der Waals surface area contributed by atoms with Crippen molar-refractivity contribution < 1.29 is 43.8 Å². The zero-order chi connectivity index (χ0) is 7.98. The Morgan fingerprint density at radius 1 is 1.55 bits per heavy atom. The number of hydrogen-bond acceptors (Lipinski definition) is 2. The summed E-state index contributed by atoms with van der Waals surface area (Å²) in [5.41, 5.74) is 0. The van der Waals surface area contributed by atoms with Gasteiger partial charge in [-0.1, -0.05) is 26.2 Å². The Hall–Kier alpha value is 0.400. The molecule has 0 spiro atoms. The summed E-state index contributed by atoms with van der Waals surface area (Å²) in [6, 6.07) is 0. The van der Waals surface area contributed by atoms with Crippen molar-refractivity contribution in [1.29, 1.82) is 0 Å². The van der Waals surface area contributed by atoms with Crippen LogP contribution >= 0.6 is 0 Å². The number of aliphatic carboxylic acids is 1. The topological polar surface area (TPSA) is 40.1 Å². The van der Waals surface area contributed by atoms with Crippen molar-refractivity contribution in [3.05, 3.63) is 0 Å². The minimum absolute atomic E-state index is 0. The molecular weight excluding hydrogens is 158 g/mol. The summed E-state index contributed by atoms with van der Waals surface area (Å²) in [5, 5.41) is 9.81. The zero-order valence-electron chi connectivity index (χ0n) is 7.10. The summed E-state index contributed by atoms with van der Waals surface area (Å²) < 4.78 is 12.2. The third-order valence-electron chi connectivity index (χ3n) is 1.32. The molecule has 0 aromatic heterocycles. The van der Waals surface area contributed by atoms with E-state index in [0.717, 1.165) is 12.8 Å². The molecule has 60 valence electrons. The summed E-state index contributed by atoms with van der Waals surface area (Å²) in [5.74, 6) is -1.59. The second-order valence-electron chi connectivity index (χ2n) is 2.28. The molecular formula is C7H12FNaO2. The molecule has 0 saturated carbocycles. The van der Waals surface area contributed by atoms with Crippen LogP contribution < -0.4 is 34.7 Å². The fourth-order valence-corrected chi connectivity index (χ4v) is 0.691. The van der Waals surface area contributed by atoms with Crippen LogP contribution in [-0.4, -0.2) is 12.1 Å². The van der Waals surface area contributed by atoms with Crippen molar-refractivity contribution in [1.82, 2.24) is 0 Å². The van der Waals surface area contributed by atoms with Gasteiger partial charge >= 0.3 is 29.6 Å². The Kier molecular flexibility index (Phi) is 10.8. The molecule has 0 aliphatic rings. The molecule has 0 aromatic carbocycles. The quantitative estimate of drug-likeness (QED) is 0.342. The molecule has 0 heterocycles. The second kappa shape index (κ2) is 8.50. The Morgan fingerprint density at radius 3 is 2.45 bits per heavy atom. The predicted molar refractivity (Wildman–Crippen MR) is 34.0 cm³/mol. The number of unbranched alkanes of at least 4 members (excludes halogenated alkanes) is 2. The molecule has 0 fully saturated rings. The third-order valence-corrected chi connectivity index (χ3v) is 1.32. The Labute approximate surface area is 88.5 Å². The second-order valence-corrected chi connectivity index (χ2v) is 2.28. The summed E-state index contributed by atoms with van der Waals surface area (Å²) in [4.78, 5) is 9.81. The molecule has 0 saturated heterocycles. The molecule has 0 amide bonds. The number of carboxylic acid groups (broad SMARTS) is 1. The van der Waals surface area contributed by atoms with Crippen LogP contribution in [0.1, 0.15) is 32.6 Å². The van der Waals surface area contributed by atoms with Gasteiger partial charge in [0.25, 0.3) is 0 Å². The van der Waals surface area contributed by atoms with Crippen molar-refractivity contribution in [2.75, 3.05) is 0 Å². The summed E-state index contributed by atoms with van der Waals surface area (Å²) in [7, 11) is 0. The maximum atomic E-state index is 12.2. The van der Waals surface area contributed by atoms with E-state index in [4.69, 9.17) is 0 Å². The van der Waals surface area contributed by atoms with Gasteiger partial charge in [0.15, 0.2) is 0 Å². The molecule has 0 aromatic rings. The number of rotatable bonds is 5. The number of halogens is 1. The summed E-state index contributed by atoms with van der Waals surface area (Å²) >= 11 is 0. The number of carbonyl (C=O) groups excluding carboxylic acids is 1. The average Bonchev–Trinajstić information content (AvgIpc) is 1.88. The summed E-state index contributed by atoms with van der Waals surface area (Å²) in [6.45, 7) is 1.98. The molecule has 0 radical (unpaired) electrons. The Morgan fingerprint density at radius 2 is 2.09 bits per heavy atom. The Balaban J connectivity index is 0. The number of carbonyl (C=O) groups is 1. The normalized spacial score (nSPS) is 11.8. The van der Waals surface area contributed by atoms with Gasteiger partial charge in [-0.25, -0.2) is 4.39 Å². The fraction of sp³-hybridized carbons (Fsp3) is 0.857. The minimum Gasteiger partial charge on any atom is -0.547 e. The molecule has 2 nitrogen and oxygen atoms in total. The van der Waals surface area contributed by atoms with Crippen molar-refractivity contribution in [2.24, 2.45) is 0 Å². The van der Waals surface area contributed by atoms with E-state index in [9.17, 15) is 14.3 Å². The van der Waals surface area contributed by atoms with E-state index in [1.807, 2.05) is 6.92 Å². The maximum Gasteiger partial charge on any atom is 1.00 e. The van der Waals surface area contributed by atoms with E-state index in [2.05, 4.69) is 0 Å². The largest absolute Gasteiger partial charge is 1.00 e. The molecule has 0 aliphatic heterocycles. The van der Waals surface area contributed by atoms with Crippen LogP contribution in [0.2, 0.25) is 0 Å². The van der Waals surface area contributed by atoms with E-state index in [1.54, 1.807) is 0 Å². The van der Waals surface area contributed by atoms with Gasteiger partial charge in [0, 0.05) is 0 Å². The van der Waals surface area contributed by atoms with E-state index < -0.39 is 12.1 Å². The van der Waals surface area contributed by atoms with Crippen molar-refractivity contribution in [3.8, 4) is 0 Å². The molecule has 0 bridgehead atoms. The van der Waals surface area contributed by atoms with Gasteiger partial charge in [-0.2, -0.15) is 0 Å².